The molecule has 0 aliphatic carbocycles. The normalized spacial score (nSPS) is 15.7. The number of aliphatic hydroxyl groups excluding tert-OH is 1. The fraction of sp³-hybridized carbons (Fsp3) is 0.611. The minimum absolute atomic E-state index is 0.179. The van der Waals surface area contributed by atoms with Crippen molar-refractivity contribution in [3.8, 4) is 0 Å². The molecule has 1 aliphatic heterocycles. The number of amides is 1. The van der Waals surface area contributed by atoms with E-state index in [1.165, 1.54) is 0 Å². The number of hydrogen-bond donors (Lipinski definition) is 2. The Morgan fingerprint density at radius 2 is 1.96 bits per heavy atom. The van der Waals surface area contributed by atoms with Crippen molar-refractivity contribution in [1.29, 1.82) is 0 Å². The minimum atomic E-state index is -0.189. The Morgan fingerprint density at radius 3 is 2.52 bits per heavy atom. The average molecular weight is 320 g/mol. The van der Waals surface area contributed by atoms with E-state index in [0.29, 0.717) is 25.0 Å². The molecule has 1 aromatic rings. The number of aliphatic hydroxyl groups is 1. The Balaban J connectivity index is 1.74. The van der Waals surface area contributed by atoms with Gasteiger partial charge in [0.2, 0.25) is 0 Å². The molecule has 0 spiro atoms. The highest BCUT2D eigenvalue weighted by molar-refractivity contribution is 5.67. The highest BCUT2D eigenvalue weighted by Gasteiger charge is 2.23. The van der Waals surface area contributed by atoms with Crippen LogP contribution < -0.4 is 5.32 Å². The molecule has 0 saturated carbocycles. The van der Waals surface area contributed by atoms with E-state index in [-0.39, 0.29) is 12.7 Å². The number of nitrogens with zero attached hydrogens (tertiary/aromatic N) is 1. The summed E-state index contributed by atoms with van der Waals surface area (Å²) >= 11 is 0. The van der Waals surface area contributed by atoms with Gasteiger partial charge in [0.1, 0.15) is 0 Å². The first-order chi connectivity index (χ1) is 11.1. The first-order valence-corrected chi connectivity index (χ1v) is 8.46. The zero-order valence-corrected chi connectivity index (χ0v) is 14.1. The van der Waals surface area contributed by atoms with Crippen molar-refractivity contribution >= 4 is 11.8 Å². The lowest BCUT2D eigenvalue weighted by Crippen LogP contribution is -2.42. The molecule has 2 N–H and O–H groups in total. The third-order valence-electron chi connectivity index (χ3n) is 4.02. The largest absolute Gasteiger partial charge is 0.449 e. The number of carbonyl (C=O) groups excluding carboxylic acids is 1. The first kappa shape index (κ1) is 17.6. The maximum absolute atomic E-state index is 11.9. The van der Waals surface area contributed by atoms with E-state index in [1.807, 2.05) is 38.1 Å². The summed E-state index contributed by atoms with van der Waals surface area (Å²) < 4.78 is 5.28. The summed E-state index contributed by atoms with van der Waals surface area (Å²) in [6.45, 7) is 6.20. The van der Waals surface area contributed by atoms with Crippen LogP contribution >= 0.6 is 0 Å². The summed E-state index contributed by atoms with van der Waals surface area (Å²) in [4.78, 5) is 13.7. The lowest BCUT2D eigenvalue weighted by Gasteiger charge is -2.32. The third kappa shape index (κ3) is 5.75. The molecule has 0 bridgehead atoms. The van der Waals surface area contributed by atoms with Crippen LogP contribution in [0.15, 0.2) is 24.3 Å². The maximum atomic E-state index is 11.9. The number of carbonyl (C=O) groups is 1. The summed E-state index contributed by atoms with van der Waals surface area (Å²) in [6.07, 6.45) is 2.35. The van der Waals surface area contributed by atoms with Crippen molar-refractivity contribution in [2.75, 3.05) is 31.6 Å². The molecular weight excluding hydrogens is 292 g/mol. The van der Waals surface area contributed by atoms with Crippen molar-refractivity contribution in [3.63, 3.8) is 0 Å². The van der Waals surface area contributed by atoms with Gasteiger partial charge in [0, 0.05) is 31.4 Å². The van der Waals surface area contributed by atoms with E-state index in [1.54, 1.807) is 4.90 Å². The summed E-state index contributed by atoms with van der Waals surface area (Å²) in [7, 11) is 0. The van der Waals surface area contributed by atoms with Gasteiger partial charge in [-0.25, -0.2) is 4.79 Å². The second kappa shape index (κ2) is 8.77. The van der Waals surface area contributed by atoms with Gasteiger partial charge in [-0.3, -0.25) is 0 Å². The monoisotopic (exact) mass is 320 g/mol. The van der Waals surface area contributed by atoms with Gasteiger partial charge in [-0.2, -0.15) is 0 Å². The molecule has 128 valence electrons. The number of nitrogens with one attached hydrogen (secondary N) is 1. The van der Waals surface area contributed by atoms with Crippen molar-refractivity contribution < 1.29 is 14.6 Å². The lowest BCUT2D eigenvalue weighted by molar-refractivity contribution is 0.0845. The molecular formula is C18H28N2O3. The number of likely N-dealkylation sites (tertiary alicyclic amines) is 1. The molecule has 0 unspecified atom stereocenters. The summed E-state index contributed by atoms with van der Waals surface area (Å²) in [5.41, 5.74) is 2.23. The lowest BCUT2D eigenvalue weighted by atomic mass is 10.0. The fourth-order valence-electron chi connectivity index (χ4n) is 2.67. The molecule has 1 saturated heterocycles. The summed E-state index contributed by atoms with van der Waals surface area (Å²) in [5, 5.41) is 12.4. The summed E-state index contributed by atoms with van der Waals surface area (Å²) in [5.74, 6) is 0.368. The Labute approximate surface area is 138 Å². The van der Waals surface area contributed by atoms with E-state index < -0.39 is 0 Å². The van der Waals surface area contributed by atoms with Crippen LogP contribution in [-0.4, -0.2) is 48.4 Å². The van der Waals surface area contributed by atoms with Gasteiger partial charge >= 0.3 is 6.09 Å². The Morgan fingerprint density at radius 1 is 1.30 bits per heavy atom. The van der Waals surface area contributed by atoms with Crippen LogP contribution in [0.4, 0.5) is 10.5 Å². The van der Waals surface area contributed by atoms with Gasteiger partial charge in [-0.15, -0.1) is 0 Å². The second-order valence-electron chi connectivity index (χ2n) is 6.55. The van der Waals surface area contributed by atoms with Gasteiger partial charge in [-0.1, -0.05) is 26.0 Å². The Kier molecular flexibility index (Phi) is 6.71. The standard InChI is InChI=1S/C18H28N2O3/c1-14(2)13-23-18(22)20-10-7-17(8-11-20)19-16-5-3-15(4-6-16)9-12-21/h3-6,14,17,19,21H,7-13H2,1-2H3. The molecule has 1 aliphatic rings. The maximum Gasteiger partial charge on any atom is 0.409 e. The SMILES string of the molecule is CC(C)COC(=O)N1CCC(Nc2ccc(CCO)cc2)CC1. The molecule has 5 heteroatoms. The summed E-state index contributed by atoms with van der Waals surface area (Å²) in [6, 6.07) is 8.56. The topological polar surface area (TPSA) is 61.8 Å². The van der Waals surface area contributed by atoms with Crippen LogP contribution in [0, 0.1) is 5.92 Å². The molecule has 1 fully saturated rings. The predicted molar refractivity (Wildman–Crippen MR) is 91.6 cm³/mol. The average Bonchev–Trinajstić information content (AvgIpc) is 2.55. The van der Waals surface area contributed by atoms with Gasteiger partial charge in [0.15, 0.2) is 0 Å². The Bertz CT molecular complexity index is 480. The van der Waals surface area contributed by atoms with Crippen molar-refractivity contribution in [2.24, 2.45) is 5.92 Å². The number of ether oxygens (including phenoxy) is 1. The number of rotatable bonds is 6. The van der Waals surface area contributed by atoms with Crippen molar-refractivity contribution in [2.45, 2.75) is 39.2 Å². The zero-order chi connectivity index (χ0) is 16.7. The third-order valence-corrected chi connectivity index (χ3v) is 4.02. The highest BCUT2D eigenvalue weighted by atomic mass is 16.6. The van der Waals surface area contributed by atoms with Gasteiger partial charge in [0.05, 0.1) is 6.61 Å². The molecule has 0 radical (unpaired) electrons. The molecule has 5 nitrogen and oxygen atoms in total. The van der Waals surface area contributed by atoms with Crippen molar-refractivity contribution in [3.05, 3.63) is 29.8 Å². The van der Waals surface area contributed by atoms with Gasteiger partial charge < -0.3 is 20.1 Å². The highest BCUT2D eigenvalue weighted by Crippen LogP contribution is 2.18. The minimum Gasteiger partial charge on any atom is -0.449 e. The molecule has 1 amide bonds. The molecule has 1 heterocycles. The van der Waals surface area contributed by atoms with Gasteiger partial charge in [-0.05, 0) is 42.9 Å². The fourth-order valence-corrected chi connectivity index (χ4v) is 2.67. The zero-order valence-electron chi connectivity index (χ0n) is 14.1. The second-order valence-corrected chi connectivity index (χ2v) is 6.55. The van der Waals surface area contributed by atoms with Crippen LogP contribution in [0.1, 0.15) is 32.3 Å². The molecule has 1 aromatic carbocycles. The predicted octanol–water partition coefficient (Wildman–Crippen LogP) is 2.89. The molecule has 2 rings (SSSR count). The van der Waals surface area contributed by atoms with Crippen molar-refractivity contribution in [1.82, 2.24) is 4.90 Å². The van der Waals surface area contributed by atoms with Crippen LogP contribution in [0.25, 0.3) is 0 Å². The number of benzene rings is 1. The van der Waals surface area contributed by atoms with Crippen LogP contribution in [-0.2, 0) is 11.2 Å². The van der Waals surface area contributed by atoms with Crippen LogP contribution in [0.2, 0.25) is 0 Å². The number of anilines is 1. The number of piperidine rings is 1. The van der Waals surface area contributed by atoms with E-state index >= 15 is 0 Å². The van der Waals surface area contributed by atoms with E-state index in [9.17, 15) is 4.79 Å². The van der Waals surface area contributed by atoms with E-state index in [0.717, 1.165) is 37.2 Å². The van der Waals surface area contributed by atoms with E-state index in [2.05, 4.69) is 5.32 Å². The molecule has 0 atom stereocenters. The van der Waals surface area contributed by atoms with Crippen LogP contribution in [0.3, 0.4) is 0 Å². The molecule has 0 aromatic heterocycles. The first-order valence-electron chi connectivity index (χ1n) is 8.46. The van der Waals surface area contributed by atoms with Crippen LogP contribution in [0.5, 0.6) is 0 Å². The Hall–Kier alpha value is -1.75. The number of hydrogen-bond acceptors (Lipinski definition) is 4. The van der Waals surface area contributed by atoms with Gasteiger partial charge in [0.25, 0.3) is 0 Å². The quantitative estimate of drug-likeness (QED) is 0.846. The molecule has 23 heavy (non-hydrogen) atoms. The smallest absolute Gasteiger partial charge is 0.409 e. The van der Waals surface area contributed by atoms with E-state index in [4.69, 9.17) is 9.84 Å².